The Balaban J connectivity index is 1.44. The van der Waals surface area contributed by atoms with Crippen LogP contribution in [0.15, 0.2) is 121 Å². The van der Waals surface area contributed by atoms with Gasteiger partial charge in [-0.1, -0.05) is 84.9 Å². The zero-order chi connectivity index (χ0) is 27.7. The lowest BCUT2D eigenvalue weighted by atomic mass is 10.1. The number of anilines is 1. The van der Waals surface area contributed by atoms with Crippen LogP contribution in [0.5, 0.6) is 5.75 Å². The first kappa shape index (κ1) is 26.4. The topological polar surface area (TPSA) is 76.5 Å². The Morgan fingerprint density at radius 1 is 0.850 bits per heavy atom. The summed E-state index contributed by atoms with van der Waals surface area (Å²) in [5, 5.41) is 2.95. The van der Waals surface area contributed by atoms with E-state index in [4.69, 9.17) is 9.72 Å². The Kier molecular flexibility index (Phi) is 8.32. The summed E-state index contributed by atoms with van der Waals surface area (Å²) in [5.74, 6) is 0.490. The van der Waals surface area contributed by atoms with Crippen molar-refractivity contribution in [2.24, 2.45) is 0 Å². The number of nitrogens with one attached hydrogen (secondary N) is 1. The van der Waals surface area contributed by atoms with Crippen LogP contribution in [0.2, 0.25) is 0 Å². The molecule has 0 atom stereocenters. The molecular formula is C33H30N4O3. The normalized spacial score (nSPS) is 10.6. The van der Waals surface area contributed by atoms with E-state index in [0.717, 1.165) is 22.6 Å². The molecule has 7 heteroatoms. The maximum Gasteiger partial charge on any atom is 0.254 e. The average molecular weight is 531 g/mol. The maximum absolute atomic E-state index is 13.5. The van der Waals surface area contributed by atoms with Gasteiger partial charge in [0, 0.05) is 29.9 Å². The van der Waals surface area contributed by atoms with Gasteiger partial charge in [0.1, 0.15) is 12.3 Å². The number of ether oxygens (including phenoxy) is 1. The van der Waals surface area contributed by atoms with Gasteiger partial charge in [-0.15, -0.1) is 0 Å². The summed E-state index contributed by atoms with van der Waals surface area (Å²) in [6.45, 7) is 2.62. The van der Waals surface area contributed by atoms with Gasteiger partial charge in [-0.05, 0) is 36.8 Å². The molecule has 0 unspecified atom stereocenters. The van der Waals surface area contributed by atoms with E-state index in [0.29, 0.717) is 30.4 Å². The number of carbonyl (C=O) groups is 2. The lowest BCUT2D eigenvalue weighted by Crippen LogP contribution is -2.38. The van der Waals surface area contributed by atoms with Crippen LogP contribution in [0, 0.1) is 0 Å². The van der Waals surface area contributed by atoms with Gasteiger partial charge in [-0.25, -0.2) is 4.98 Å². The molecule has 1 N–H and O–H groups in total. The average Bonchev–Trinajstić information content (AvgIpc) is 3.42. The van der Waals surface area contributed by atoms with Gasteiger partial charge in [0.2, 0.25) is 11.9 Å². The van der Waals surface area contributed by atoms with Crippen molar-refractivity contribution in [3.8, 4) is 22.7 Å². The third-order valence-corrected chi connectivity index (χ3v) is 6.29. The smallest absolute Gasteiger partial charge is 0.254 e. The summed E-state index contributed by atoms with van der Waals surface area (Å²) < 4.78 is 7.52. The van der Waals surface area contributed by atoms with Crippen LogP contribution in [-0.4, -0.2) is 39.4 Å². The summed E-state index contributed by atoms with van der Waals surface area (Å²) in [7, 11) is 0. The zero-order valence-corrected chi connectivity index (χ0v) is 22.2. The molecule has 0 bridgehead atoms. The van der Waals surface area contributed by atoms with E-state index in [-0.39, 0.29) is 18.4 Å². The third kappa shape index (κ3) is 6.45. The maximum atomic E-state index is 13.5. The fourth-order valence-electron chi connectivity index (χ4n) is 4.41. The van der Waals surface area contributed by atoms with E-state index in [2.05, 4.69) is 5.32 Å². The molecule has 5 aromatic rings. The van der Waals surface area contributed by atoms with Crippen LogP contribution in [0.4, 0.5) is 5.95 Å². The van der Waals surface area contributed by atoms with E-state index in [1.54, 1.807) is 17.0 Å². The van der Waals surface area contributed by atoms with Gasteiger partial charge in [0.05, 0.1) is 18.0 Å². The molecule has 0 fully saturated rings. The number of rotatable bonds is 10. The first-order valence-corrected chi connectivity index (χ1v) is 13.2. The molecule has 1 aromatic heterocycles. The van der Waals surface area contributed by atoms with E-state index < -0.39 is 0 Å². The molecule has 0 saturated carbocycles. The number of imidazole rings is 1. The number of benzene rings is 4. The van der Waals surface area contributed by atoms with Crippen LogP contribution < -0.4 is 10.1 Å². The minimum Gasteiger partial charge on any atom is -0.494 e. The predicted octanol–water partition coefficient (Wildman–Crippen LogP) is 6.22. The van der Waals surface area contributed by atoms with Crippen LogP contribution in [-0.2, 0) is 11.3 Å². The number of hydrogen-bond acceptors (Lipinski definition) is 4. The van der Waals surface area contributed by atoms with Gasteiger partial charge in [-0.3, -0.25) is 19.5 Å². The molecule has 40 heavy (non-hydrogen) atoms. The zero-order valence-electron chi connectivity index (χ0n) is 22.2. The van der Waals surface area contributed by atoms with Crippen molar-refractivity contribution in [1.82, 2.24) is 14.5 Å². The number of nitrogens with zero attached hydrogens (tertiary/aromatic N) is 3. The highest BCUT2D eigenvalue weighted by molar-refractivity contribution is 5.99. The molecule has 200 valence electrons. The quantitative estimate of drug-likeness (QED) is 0.233. The molecule has 5 rings (SSSR count). The van der Waals surface area contributed by atoms with Crippen molar-refractivity contribution in [1.29, 1.82) is 0 Å². The Hall–Kier alpha value is -5.17. The summed E-state index contributed by atoms with van der Waals surface area (Å²) in [4.78, 5) is 33.2. The van der Waals surface area contributed by atoms with Crippen LogP contribution in [0.1, 0.15) is 22.8 Å². The van der Waals surface area contributed by atoms with E-state index >= 15 is 0 Å². The van der Waals surface area contributed by atoms with E-state index in [1.807, 2.05) is 121 Å². The van der Waals surface area contributed by atoms with Crippen molar-refractivity contribution >= 4 is 17.8 Å². The molecule has 0 radical (unpaired) electrons. The Morgan fingerprint density at radius 3 is 2.23 bits per heavy atom. The van der Waals surface area contributed by atoms with Crippen LogP contribution >= 0.6 is 0 Å². The standard InChI is InChI=1S/C33H30N4O3/c1-2-40-29-20-12-19-28(21-29)37-23-30(26-15-8-4-9-16-26)34-33(37)35-31(38)24-36(22-25-13-6-3-7-14-25)32(39)27-17-10-5-11-18-27/h3-21,23H,2,22,24H2,1H3,(H,34,35,38). The highest BCUT2D eigenvalue weighted by Crippen LogP contribution is 2.26. The second kappa shape index (κ2) is 12.6. The predicted molar refractivity (Wildman–Crippen MR) is 156 cm³/mol. The van der Waals surface area contributed by atoms with E-state index in [1.165, 1.54) is 0 Å². The lowest BCUT2D eigenvalue weighted by Gasteiger charge is -2.22. The van der Waals surface area contributed by atoms with Gasteiger partial charge < -0.3 is 9.64 Å². The van der Waals surface area contributed by atoms with Crippen molar-refractivity contribution in [3.05, 3.63) is 133 Å². The summed E-state index contributed by atoms with van der Waals surface area (Å²) in [6.07, 6.45) is 1.88. The van der Waals surface area contributed by atoms with Crippen molar-refractivity contribution < 1.29 is 14.3 Å². The second-order valence-electron chi connectivity index (χ2n) is 9.18. The van der Waals surface area contributed by atoms with Gasteiger partial charge in [0.15, 0.2) is 0 Å². The SMILES string of the molecule is CCOc1cccc(-n2cc(-c3ccccc3)nc2NC(=O)CN(Cc2ccccc2)C(=O)c2ccccc2)c1. The molecule has 2 amide bonds. The van der Waals surface area contributed by atoms with Crippen LogP contribution in [0.3, 0.4) is 0 Å². The van der Waals surface area contributed by atoms with Crippen LogP contribution in [0.25, 0.3) is 16.9 Å². The second-order valence-corrected chi connectivity index (χ2v) is 9.18. The summed E-state index contributed by atoms with van der Waals surface area (Å²) >= 11 is 0. The van der Waals surface area contributed by atoms with Gasteiger partial charge >= 0.3 is 0 Å². The third-order valence-electron chi connectivity index (χ3n) is 6.29. The monoisotopic (exact) mass is 530 g/mol. The molecule has 4 aromatic carbocycles. The molecule has 1 heterocycles. The van der Waals surface area contributed by atoms with Crippen molar-refractivity contribution in [2.75, 3.05) is 18.5 Å². The lowest BCUT2D eigenvalue weighted by molar-refractivity contribution is -0.117. The number of hydrogen-bond donors (Lipinski definition) is 1. The largest absolute Gasteiger partial charge is 0.494 e. The number of amides is 2. The molecule has 0 aliphatic carbocycles. The minimum absolute atomic E-state index is 0.144. The first-order chi connectivity index (χ1) is 19.6. The van der Waals surface area contributed by atoms with Crippen molar-refractivity contribution in [3.63, 3.8) is 0 Å². The first-order valence-electron chi connectivity index (χ1n) is 13.2. The molecule has 0 spiro atoms. The fraction of sp³-hybridized carbons (Fsp3) is 0.121. The number of carbonyl (C=O) groups excluding carboxylic acids is 2. The Bertz CT molecular complexity index is 1570. The minimum atomic E-state index is -0.354. The summed E-state index contributed by atoms with van der Waals surface area (Å²) in [6, 6.07) is 36.0. The van der Waals surface area contributed by atoms with Crippen molar-refractivity contribution in [2.45, 2.75) is 13.5 Å². The molecule has 0 aliphatic heterocycles. The van der Waals surface area contributed by atoms with Gasteiger partial charge in [0.25, 0.3) is 5.91 Å². The molecule has 7 nitrogen and oxygen atoms in total. The molecule has 0 saturated heterocycles. The highest BCUT2D eigenvalue weighted by Gasteiger charge is 2.21. The molecule has 0 aliphatic rings. The fourth-order valence-corrected chi connectivity index (χ4v) is 4.41. The molecular weight excluding hydrogens is 500 g/mol. The Morgan fingerprint density at radius 2 is 1.52 bits per heavy atom. The van der Waals surface area contributed by atoms with Gasteiger partial charge in [-0.2, -0.15) is 0 Å². The number of aromatic nitrogens is 2. The highest BCUT2D eigenvalue weighted by atomic mass is 16.5. The Labute approximate surface area is 233 Å². The van der Waals surface area contributed by atoms with E-state index in [9.17, 15) is 9.59 Å². The summed E-state index contributed by atoms with van der Waals surface area (Å²) in [5.41, 5.74) is 3.87.